The largest absolute Gasteiger partial charge is 0.379 e. The lowest BCUT2D eigenvalue weighted by molar-refractivity contribution is -0.116. The Balaban J connectivity index is 1.41. The molecule has 31 heavy (non-hydrogen) atoms. The number of nitrogens with one attached hydrogen (secondary N) is 2. The first-order chi connectivity index (χ1) is 14.9. The minimum atomic E-state index is -0.159. The molecule has 2 aromatic heterocycles. The van der Waals surface area contributed by atoms with Crippen molar-refractivity contribution in [3.63, 3.8) is 0 Å². The fraction of sp³-hybridized carbons (Fsp3) is 0.435. The summed E-state index contributed by atoms with van der Waals surface area (Å²) in [5.74, 6) is -0.106. The van der Waals surface area contributed by atoms with Crippen LogP contribution in [0.1, 0.15) is 28.8 Å². The zero-order chi connectivity index (χ0) is 22.0. The predicted octanol–water partition coefficient (Wildman–Crippen LogP) is 2.28. The molecule has 0 spiro atoms. The van der Waals surface area contributed by atoms with Crippen molar-refractivity contribution in [3.8, 4) is 0 Å². The number of H-pyrrole nitrogens is 1. The number of pyridine rings is 1. The fourth-order valence-electron chi connectivity index (χ4n) is 4.28. The molecule has 0 radical (unpaired) electrons. The van der Waals surface area contributed by atoms with Gasteiger partial charge in [-0.05, 0) is 43.5 Å². The highest BCUT2D eigenvalue weighted by atomic mass is 16.5. The van der Waals surface area contributed by atoms with E-state index in [1.807, 2.05) is 39.1 Å². The Bertz CT molecular complexity index is 1160. The van der Waals surface area contributed by atoms with Crippen LogP contribution in [0.3, 0.4) is 0 Å². The summed E-state index contributed by atoms with van der Waals surface area (Å²) in [6, 6.07) is 7.93. The Hall–Kier alpha value is -2.97. The molecule has 1 aliphatic rings. The van der Waals surface area contributed by atoms with Crippen LogP contribution in [0.5, 0.6) is 0 Å². The van der Waals surface area contributed by atoms with Crippen LogP contribution in [0.4, 0.5) is 5.69 Å². The monoisotopic (exact) mass is 423 g/mol. The summed E-state index contributed by atoms with van der Waals surface area (Å²) in [5, 5.41) is 8.31. The number of hydrogen-bond acceptors (Lipinski definition) is 5. The number of benzene rings is 1. The highest BCUT2D eigenvalue weighted by molar-refractivity contribution is 5.91. The van der Waals surface area contributed by atoms with Gasteiger partial charge in [-0.25, -0.2) is 0 Å². The van der Waals surface area contributed by atoms with Gasteiger partial charge in [0.25, 0.3) is 5.56 Å². The molecule has 164 valence electrons. The van der Waals surface area contributed by atoms with E-state index in [1.54, 1.807) is 4.68 Å². The average molecular weight is 424 g/mol. The second-order valence-electron chi connectivity index (χ2n) is 8.13. The van der Waals surface area contributed by atoms with Crippen molar-refractivity contribution < 1.29 is 9.53 Å². The van der Waals surface area contributed by atoms with Crippen LogP contribution in [0.2, 0.25) is 0 Å². The summed E-state index contributed by atoms with van der Waals surface area (Å²) >= 11 is 0. The van der Waals surface area contributed by atoms with Crippen molar-refractivity contribution in [2.75, 3.05) is 31.6 Å². The number of aromatic amines is 1. The van der Waals surface area contributed by atoms with Gasteiger partial charge in [-0.3, -0.25) is 19.2 Å². The summed E-state index contributed by atoms with van der Waals surface area (Å²) in [4.78, 5) is 30.4. The number of aryl methyl sites for hydroxylation is 3. The van der Waals surface area contributed by atoms with Gasteiger partial charge in [0.15, 0.2) is 0 Å². The first-order valence-corrected chi connectivity index (χ1v) is 10.7. The Morgan fingerprint density at radius 2 is 2.03 bits per heavy atom. The summed E-state index contributed by atoms with van der Waals surface area (Å²) in [6.45, 7) is 8.06. The molecule has 3 aromatic rings. The van der Waals surface area contributed by atoms with Crippen LogP contribution >= 0.6 is 0 Å². The third-order valence-corrected chi connectivity index (χ3v) is 5.88. The van der Waals surface area contributed by atoms with E-state index in [2.05, 4.69) is 26.4 Å². The molecule has 1 fully saturated rings. The molecule has 2 N–H and O–H groups in total. The number of nitrogens with zero attached hydrogens (tertiary/aromatic N) is 3. The number of fused-ring (bicyclic) bond motifs is 1. The van der Waals surface area contributed by atoms with Crippen molar-refractivity contribution in [2.45, 2.75) is 33.2 Å². The second-order valence-corrected chi connectivity index (χ2v) is 8.13. The molecule has 1 aliphatic heterocycles. The number of hydrogen-bond donors (Lipinski definition) is 2. The van der Waals surface area contributed by atoms with Gasteiger partial charge in [0, 0.05) is 49.7 Å². The molecule has 8 nitrogen and oxygen atoms in total. The summed E-state index contributed by atoms with van der Waals surface area (Å²) in [7, 11) is 1.81. The number of anilines is 1. The van der Waals surface area contributed by atoms with Gasteiger partial charge < -0.3 is 15.0 Å². The van der Waals surface area contributed by atoms with E-state index in [9.17, 15) is 9.59 Å². The van der Waals surface area contributed by atoms with Crippen molar-refractivity contribution in [3.05, 3.63) is 57.0 Å². The third-order valence-electron chi connectivity index (χ3n) is 5.88. The van der Waals surface area contributed by atoms with Crippen LogP contribution in [0.15, 0.2) is 29.1 Å². The Morgan fingerprint density at radius 1 is 1.26 bits per heavy atom. The van der Waals surface area contributed by atoms with Gasteiger partial charge >= 0.3 is 0 Å². The Kier molecular flexibility index (Phi) is 6.20. The minimum absolute atomic E-state index is 0.106. The molecular formula is C23H29N5O3. The van der Waals surface area contributed by atoms with Crippen LogP contribution in [-0.4, -0.2) is 51.9 Å². The number of morpholine rings is 1. The van der Waals surface area contributed by atoms with Crippen LogP contribution in [-0.2, 0) is 29.5 Å². The maximum Gasteiger partial charge on any atom is 0.253 e. The molecule has 0 aliphatic carbocycles. The first kappa shape index (κ1) is 21.3. The molecule has 8 heteroatoms. The second kappa shape index (κ2) is 9.03. The lowest BCUT2D eigenvalue weighted by Gasteiger charge is -2.26. The molecular weight excluding hydrogens is 394 g/mol. The lowest BCUT2D eigenvalue weighted by atomic mass is 10.0. The van der Waals surface area contributed by atoms with Crippen LogP contribution < -0.4 is 10.9 Å². The summed E-state index contributed by atoms with van der Waals surface area (Å²) < 4.78 is 7.08. The van der Waals surface area contributed by atoms with E-state index in [-0.39, 0.29) is 17.9 Å². The number of carbonyl (C=O) groups excluding carboxylic acids is 1. The SMILES string of the molecule is Cc1nn(C)c2[nH]c(=O)c(CCC(=O)Nc3cccc(CN4CCOCC4)c3)c(C)c12. The minimum Gasteiger partial charge on any atom is -0.379 e. The number of ether oxygens (including phenoxy) is 1. The van der Waals surface area contributed by atoms with Gasteiger partial charge in [-0.1, -0.05) is 12.1 Å². The quantitative estimate of drug-likeness (QED) is 0.635. The molecule has 0 atom stereocenters. The van der Waals surface area contributed by atoms with Gasteiger partial charge in [0.1, 0.15) is 5.65 Å². The van der Waals surface area contributed by atoms with E-state index in [0.717, 1.165) is 60.7 Å². The van der Waals surface area contributed by atoms with E-state index in [4.69, 9.17) is 4.74 Å². The topological polar surface area (TPSA) is 92.2 Å². The summed E-state index contributed by atoms with van der Waals surface area (Å²) in [6.07, 6.45) is 0.618. The molecule has 0 unspecified atom stereocenters. The van der Waals surface area contributed by atoms with Crippen LogP contribution in [0.25, 0.3) is 11.0 Å². The molecule has 4 rings (SSSR count). The molecule has 0 bridgehead atoms. The van der Waals surface area contributed by atoms with Gasteiger partial charge in [0.2, 0.25) is 5.91 Å². The Morgan fingerprint density at radius 3 is 2.81 bits per heavy atom. The molecule has 3 heterocycles. The molecule has 1 aromatic carbocycles. The van der Waals surface area contributed by atoms with E-state index < -0.39 is 0 Å². The normalized spacial score (nSPS) is 14.8. The highest BCUT2D eigenvalue weighted by Gasteiger charge is 2.16. The van der Waals surface area contributed by atoms with Gasteiger partial charge in [-0.15, -0.1) is 0 Å². The summed E-state index contributed by atoms with van der Waals surface area (Å²) in [5.41, 5.74) is 4.89. The predicted molar refractivity (Wildman–Crippen MR) is 120 cm³/mol. The van der Waals surface area contributed by atoms with E-state index in [0.29, 0.717) is 17.6 Å². The van der Waals surface area contributed by atoms with E-state index in [1.165, 1.54) is 0 Å². The number of aromatic nitrogens is 3. The van der Waals surface area contributed by atoms with Crippen molar-refractivity contribution in [1.29, 1.82) is 0 Å². The van der Waals surface area contributed by atoms with Gasteiger partial charge in [0.05, 0.1) is 18.9 Å². The number of rotatable bonds is 6. The van der Waals surface area contributed by atoms with E-state index >= 15 is 0 Å². The Labute approximate surface area is 181 Å². The third kappa shape index (κ3) is 4.70. The van der Waals surface area contributed by atoms with Crippen molar-refractivity contribution in [1.82, 2.24) is 19.7 Å². The lowest BCUT2D eigenvalue weighted by Crippen LogP contribution is -2.35. The maximum absolute atomic E-state index is 12.6. The fourth-order valence-corrected chi connectivity index (χ4v) is 4.28. The molecule has 1 saturated heterocycles. The standard InChI is InChI=1S/C23H29N5O3/c1-15-19(23(30)25-22-21(15)16(2)26-27(22)3)7-8-20(29)24-18-6-4-5-17(13-18)14-28-9-11-31-12-10-28/h4-6,13H,7-12,14H2,1-3H3,(H,24,29)(H,25,30). The zero-order valence-electron chi connectivity index (χ0n) is 18.3. The van der Waals surface area contributed by atoms with Gasteiger partial charge in [-0.2, -0.15) is 5.10 Å². The van der Waals surface area contributed by atoms with Crippen molar-refractivity contribution >= 4 is 22.6 Å². The maximum atomic E-state index is 12.6. The highest BCUT2D eigenvalue weighted by Crippen LogP contribution is 2.21. The molecule has 1 amide bonds. The van der Waals surface area contributed by atoms with Crippen molar-refractivity contribution in [2.24, 2.45) is 7.05 Å². The first-order valence-electron chi connectivity index (χ1n) is 10.7. The average Bonchev–Trinajstić information content (AvgIpc) is 3.02. The smallest absolute Gasteiger partial charge is 0.253 e. The number of amides is 1. The zero-order valence-corrected chi connectivity index (χ0v) is 18.3. The molecule has 0 saturated carbocycles. The number of carbonyl (C=O) groups is 1. The van der Waals surface area contributed by atoms with Crippen LogP contribution in [0, 0.1) is 13.8 Å².